The van der Waals surface area contributed by atoms with Crippen LogP contribution in [0.3, 0.4) is 0 Å². The van der Waals surface area contributed by atoms with Crippen molar-refractivity contribution < 1.29 is 62.4 Å². The van der Waals surface area contributed by atoms with Crippen molar-refractivity contribution in [2.24, 2.45) is 4.99 Å². The molecule has 0 atom stereocenters. The Kier molecular flexibility index (Phi) is 14.8. The Morgan fingerprint density at radius 2 is 0.899 bits per heavy atom. The van der Waals surface area contributed by atoms with Crippen LogP contribution >= 0.6 is 45.3 Å². The van der Waals surface area contributed by atoms with Crippen LogP contribution in [0.1, 0.15) is 114 Å². The third-order valence-corrected chi connectivity index (χ3v) is 12.3. The fourth-order valence-electron chi connectivity index (χ4n) is 6.51. The molecule has 8 rings (SSSR count). The first kappa shape index (κ1) is 51.7. The number of carbonyl (C=O) groups is 7. The molecule has 3 aliphatic heterocycles. The largest absolute Gasteiger partial charge is 0.519 e. The van der Waals surface area contributed by atoms with Gasteiger partial charge in [0.1, 0.15) is 22.4 Å². The Labute approximate surface area is 413 Å². The van der Waals surface area contributed by atoms with Crippen molar-refractivity contribution in [2.45, 2.75) is 105 Å². The number of aromatic amines is 1. The van der Waals surface area contributed by atoms with E-state index in [0.717, 1.165) is 19.6 Å². The maximum atomic E-state index is 13.7. The highest BCUT2D eigenvalue weighted by Crippen LogP contribution is 2.49. The van der Waals surface area contributed by atoms with Gasteiger partial charge in [-0.15, -0.1) is 45.3 Å². The normalized spacial score (nSPS) is 14.7. The number of ether oxygens (including phenoxy) is 5. The molecule has 5 amide bonds. The SMILES string of the molecule is CC(C)(C)OC(=O)N1C(=O)C2=C(c3cccs3)N(C(=O)OC(C)(C)C)C(=O)C2=C1c1cccs1.CC(C)(C)OC(=O)OC(=O)OC(C)(C)C.O=C1N=C(c2cccs2)c2c(O)[nH]c(-c3cccs3)c21. The molecule has 17 nitrogen and oxygen atoms in total. The summed E-state index contributed by atoms with van der Waals surface area (Å²) in [6.07, 6.45) is -3.90. The molecule has 0 aliphatic carbocycles. The third-order valence-electron chi connectivity index (χ3n) is 8.78. The number of aromatic hydroxyl groups is 1. The Morgan fingerprint density at radius 1 is 0.536 bits per heavy atom. The fraction of sp³-hybridized carbons (Fsp3) is 0.333. The third kappa shape index (κ3) is 12.1. The van der Waals surface area contributed by atoms with Gasteiger partial charge in [0, 0.05) is 0 Å². The summed E-state index contributed by atoms with van der Waals surface area (Å²) in [6, 6.07) is 14.5. The number of aliphatic imine (C=N–C) groups is 1. The van der Waals surface area contributed by atoms with Crippen molar-refractivity contribution >= 4 is 105 Å². The summed E-state index contributed by atoms with van der Waals surface area (Å²) in [4.78, 5) is 99.5. The van der Waals surface area contributed by atoms with E-state index in [1.807, 2.05) is 35.0 Å². The lowest BCUT2D eigenvalue weighted by Gasteiger charge is -2.27. The molecule has 0 saturated heterocycles. The molecule has 2 N–H and O–H groups in total. The van der Waals surface area contributed by atoms with Crippen molar-refractivity contribution in [3.63, 3.8) is 0 Å². The molecule has 0 saturated carbocycles. The lowest BCUT2D eigenvalue weighted by molar-refractivity contribution is -0.123. The molecule has 0 aromatic carbocycles. The van der Waals surface area contributed by atoms with Gasteiger partial charge in [0.2, 0.25) is 0 Å². The van der Waals surface area contributed by atoms with Gasteiger partial charge in [-0.25, -0.2) is 34.0 Å². The number of aromatic nitrogens is 1. The molecular formula is C48H50N4O13S4. The first-order valence-corrected chi connectivity index (χ1v) is 24.6. The van der Waals surface area contributed by atoms with E-state index >= 15 is 0 Å². The zero-order valence-corrected chi connectivity index (χ0v) is 43.0. The first-order valence-electron chi connectivity index (χ1n) is 21.1. The fourth-order valence-corrected chi connectivity index (χ4v) is 9.50. The van der Waals surface area contributed by atoms with Crippen LogP contribution < -0.4 is 0 Å². The highest BCUT2D eigenvalue weighted by Gasteiger charge is 2.54. The van der Waals surface area contributed by atoms with Gasteiger partial charge in [0.15, 0.2) is 5.88 Å². The van der Waals surface area contributed by atoms with E-state index in [4.69, 9.17) is 18.9 Å². The molecule has 8 heterocycles. The average Bonchev–Trinajstić information content (AvgIpc) is 4.05. The average molecular weight is 1020 g/mol. The Balaban J connectivity index is 0.000000189. The van der Waals surface area contributed by atoms with E-state index in [0.29, 0.717) is 32.3 Å². The van der Waals surface area contributed by atoms with Crippen molar-refractivity contribution in [2.75, 3.05) is 0 Å². The first-order chi connectivity index (χ1) is 32.0. The number of nitrogens with zero attached hydrogens (tertiary/aromatic N) is 3. The van der Waals surface area contributed by atoms with Gasteiger partial charge in [-0.1, -0.05) is 24.3 Å². The monoisotopic (exact) mass is 1020 g/mol. The minimum Gasteiger partial charge on any atom is -0.494 e. The minimum absolute atomic E-state index is 0.00130. The zero-order chi connectivity index (χ0) is 51.0. The summed E-state index contributed by atoms with van der Waals surface area (Å²) in [7, 11) is 0. The van der Waals surface area contributed by atoms with Crippen LogP contribution in [0, 0.1) is 0 Å². The molecule has 0 fully saturated rings. The predicted octanol–water partition coefficient (Wildman–Crippen LogP) is 11.9. The Bertz CT molecular complexity index is 2750. The number of imide groups is 2. The van der Waals surface area contributed by atoms with E-state index in [2.05, 4.69) is 14.7 Å². The maximum Gasteiger partial charge on any atom is 0.519 e. The number of H-pyrrole nitrogens is 1. The molecule has 5 aromatic rings. The molecule has 364 valence electrons. The lowest BCUT2D eigenvalue weighted by atomic mass is 10.1. The molecule has 0 radical (unpaired) electrons. The number of fused-ring (bicyclic) bond motifs is 2. The maximum absolute atomic E-state index is 13.7. The number of hydrogen-bond donors (Lipinski definition) is 2. The molecule has 5 aromatic heterocycles. The highest BCUT2D eigenvalue weighted by atomic mass is 32.1. The van der Waals surface area contributed by atoms with Crippen molar-refractivity contribution in [3.8, 4) is 16.5 Å². The molecule has 3 aliphatic rings. The number of amides is 5. The van der Waals surface area contributed by atoms with Gasteiger partial charge < -0.3 is 33.8 Å². The Morgan fingerprint density at radius 3 is 1.25 bits per heavy atom. The van der Waals surface area contributed by atoms with Crippen LogP contribution in [0.5, 0.6) is 5.88 Å². The summed E-state index contributed by atoms with van der Waals surface area (Å²) in [5.41, 5.74) is -0.768. The van der Waals surface area contributed by atoms with Gasteiger partial charge in [-0.2, -0.15) is 0 Å². The van der Waals surface area contributed by atoms with E-state index < -0.39 is 58.7 Å². The van der Waals surface area contributed by atoms with Crippen LogP contribution in [0.2, 0.25) is 0 Å². The van der Waals surface area contributed by atoms with Crippen LogP contribution in [0.4, 0.5) is 19.2 Å². The molecule has 21 heteroatoms. The van der Waals surface area contributed by atoms with Crippen LogP contribution in [0.15, 0.2) is 86.2 Å². The lowest BCUT2D eigenvalue weighted by Crippen LogP contribution is -2.40. The van der Waals surface area contributed by atoms with E-state index in [9.17, 15) is 38.7 Å². The van der Waals surface area contributed by atoms with Crippen molar-refractivity contribution in [1.29, 1.82) is 0 Å². The predicted molar refractivity (Wildman–Crippen MR) is 262 cm³/mol. The van der Waals surface area contributed by atoms with Gasteiger partial charge in [-0.3, -0.25) is 14.4 Å². The van der Waals surface area contributed by atoms with E-state index in [1.54, 1.807) is 118 Å². The second-order valence-corrected chi connectivity index (χ2v) is 22.8. The summed E-state index contributed by atoms with van der Waals surface area (Å²) in [5.74, 6) is -1.75. The highest BCUT2D eigenvalue weighted by molar-refractivity contribution is 7.13. The smallest absolute Gasteiger partial charge is 0.494 e. The van der Waals surface area contributed by atoms with Crippen molar-refractivity contribution in [3.05, 3.63) is 107 Å². The summed E-state index contributed by atoms with van der Waals surface area (Å²) in [5, 5.41) is 17.6. The molecule has 0 bridgehead atoms. The van der Waals surface area contributed by atoms with Crippen LogP contribution in [-0.4, -0.2) is 90.2 Å². The molecule has 0 unspecified atom stereocenters. The van der Waals surface area contributed by atoms with E-state index in [-0.39, 0.29) is 34.3 Å². The van der Waals surface area contributed by atoms with Gasteiger partial charge in [0.05, 0.1) is 64.6 Å². The van der Waals surface area contributed by atoms with Crippen molar-refractivity contribution in [1.82, 2.24) is 14.8 Å². The topological polar surface area (TPSA) is 220 Å². The number of thiophene rings is 4. The van der Waals surface area contributed by atoms with Gasteiger partial charge in [0.25, 0.3) is 17.7 Å². The van der Waals surface area contributed by atoms with Crippen LogP contribution in [-0.2, 0) is 33.3 Å². The summed E-state index contributed by atoms with van der Waals surface area (Å²) in [6.45, 7) is 20.2. The number of carbonyl (C=O) groups excluding carboxylic acids is 7. The summed E-state index contributed by atoms with van der Waals surface area (Å²) < 4.78 is 24.8. The Hall–Kier alpha value is -6.68. The van der Waals surface area contributed by atoms with Gasteiger partial charge in [-0.05, 0) is 129 Å². The number of rotatable bonds is 4. The minimum atomic E-state index is -1.06. The molecular weight excluding hydrogens is 969 g/mol. The standard InChI is InChI=1S/C24H24N2O6S2.C14H8N2O2S2.C10H18O5/c1-23(2,3)31-21(29)25-17(13-9-7-11-33-13)15-16(19(25)27)18(14-10-8-12-34-14)26(20(15)28)22(30)32-24(4,5)6;17-13-9-10(12(16-13)8-4-2-6-20-8)14(18)15-11(9)7-3-1-5-19-7;1-9(2,3)14-7(11)13-8(12)15-10(4,5)6/h7-12H,1-6H3;1-6,15,18H;1-6H3. The molecule has 69 heavy (non-hydrogen) atoms. The molecule has 0 spiro atoms. The second kappa shape index (κ2) is 19.7. The zero-order valence-electron chi connectivity index (χ0n) is 39.7. The van der Waals surface area contributed by atoms with Gasteiger partial charge >= 0.3 is 24.5 Å². The number of hydrogen-bond acceptors (Lipinski definition) is 17. The summed E-state index contributed by atoms with van der Waals surface area (Å²) >= 11 is 5.54. The second-order valence-electron chi connectivity index (χ2n) is 19.0. The quantitative estimate of drug-likeness (QED) is 0.0973. The number of nitrogens with one attached hydrogen (secondary N) is 1. The van der Waals surface area contributed by atoms with Crippen LogP contribution in [0.25, 0.3) is 22.0 Å². The van der Waals surface area contributed by atoms with E-state index in [1.165, 1.54) is 45.3 Å².